The van der Waals surface area contributed by atoms with Crippen LogP contribution < -0.4 is 20.7 Å². The summed E-state index contributed by atoms with van der Waals surface area (Å²) in [7, 11) is -2.17. The topological polar surface area (TPSA) is 148 Å². The second-order valence-electron chi connectivity index (χ2n) is 14.6. The number of nitrogens with one attached hydrogen (secondary N) is 1. The maximum absolute atomic E-state index is 13.5. The summed E-state index contributed by atoms with van der Waals surface area (Å²) in [5.41, 5.74) is 0.559. The molecule has 4 aromatic carbocycles. The van der Waals surface area contributed by atoms with E-state index in [0.717, 1.165) is 34.1 Å². The summed E-state index contributed by atoms with van der Waals surface area (Å²) in [6.45, 7) is 2.27. The molecule has 1 N–H and O–H groups in total. The lowest BCUT2D eigenvalue weighted by atomic mass is 9.80. The van der Waals surface area contributed by atoms with Gasteiger partial charge < -0.3 is 33.0 Å². The molecule has 0 bridgehead atoms. The summed E-state index contributed by atoms with van der Waals surface area (Å²) in [5, 5.41) is 0. The lowest BCUT2D eigenvalue weighted by Crippen LogP contribution is -2.40. The highest BCUT2D eigenvalue weighted by molar-refractivity contribution is 7.91. The van der Waals surface area contributed by atoms with Crippen LogP contribution >= 0.6 is 8.53 Å². The quantitative estimate of drug-likeness (QED) is 0.102. The lowest BCUT2D eigenvalue weighted by molar-refractivity contribution is -0.0925. The largest absolute Gasteiger partial charge is 0.497 e. The van der Waals surface area contributed by atoms with Crippen molar-refractivity contribution in [3.8, 4) is 11.5 Å². The second-order valence-corrected chi connectivity index (χ2v) is 18.1. The van der Waals surface area contributed by atoms with E-state index in [1.165, 1.54) is 6.20 Å². The SMILES string of the molecule is COc1ccc(C(OC[C@H]2O[C@@H](n3c(=O)[nH]cc(C)c3=O)C[C@@H]2O[P@]2O[C@H](CS(=O)(=O)c3ccccc3)[C@@H]3CCCN32)(c2ccccc2)c2ccc(OC)cc2)cc1. The molecule has 0 unspecified atom stereocenters. The summed E-state index contributed by atoms with van der Waals surface area (Å²) < 4.78 is 68.5. The molecule has 3 saturated heterocycles. The first-order chi connectivity index (χ1) is 28.1. The van der Waals surface area contributed by atoms with Gasteiger partial charge in [0.15, 0.2) is 9.84 Å². The molecule has 304 valence electrons. The maximum Gasteiger partial charge on any atom is 0.330 e. The Morgan fingerprint density at radius 3 is 2.05 bits per heavy atom. The third-order valence-corrected chi connectivity index (χ3v) is 14.7. The zero-order valence-corrected chi connectivity index (χ0v) is 34.1. The number of ether oxygens (including phenoxy) is 4. The summed E-state index contributed by atoms with van der Waals surface area (Å²) in [5.74, 6) is 1.17. The highest BCUT2D eigenvalue weighted by Crippen LogP contribution is 2.58. The Morgan fingerprint density at radius 2 is 1.43 bits per heavy atom. The molecule has 0 aliphatic carbocycles. The third kappa shape index (κ3) is 7.78. The van der Waals surface area contributed by atoms with Crippen molar-refractivity contribution in [2.75, 3.05) is 33.1 Å². The Hall–Kier alpha value is -4.66. The Kier molecular flexibility index (Phi) is 11.7. The van der Waals surface area contributed by atoms with E-state index in [1.54, 1.807) is 51.5 Å². The zero-order chi connectivity index (χ0) is 40.4. The van der Waals surface area contributed by atoms with Crippen LogP contribution in [0.3, 0.4) is 0 Å². The Balaban J connectivity index is 1.15. The van der Waals surface area contributed by atoms with E-state index in [4.69, 9.17) is 28.0 Å². The molecule has 3 aliphatic heterocycles. The number of aryl methyl sites for hydroxylation is 1. The van der Waals surface area contributed by atoms with Crippen molar-refractivity contribution in [1.82, 2.24) is 14.2 Å². The van der Waals surface area contributed by atoms with Gasteiger partial charge in [0.25, 0.3) is 14.1 Å². The van der Waals surface area contributed by atoms with E-state index in [2.05, 4.69) is 9.65 Å². The molecule has 8 rings (SSSR count). The molecule has 0 radical (unpaired) electrons. The van der Waals surface area contributed by atoms with Crippen molar-refractivity contribution in [3.05, 3.63) is 158 Å². The average molecular weight is 828 g/mol. The molecule has 0 spiro atoms. The molecular weight excluding hydrogens is 782 g/mol. The number of methoxy groups -OCH3 is 2. The first kappa shape index (κ1) is 40.1. The van der Waals surface area contributed by atoms with E-state index in [0.29, 0.717) is 23.6 Å². The van der Waals surface area contributed by atoms with Crippen LogP contribution in [0.1, 0.15) is 47.7 Å². The molecule has 13 nitrogen and oxygen atoms in total. The highest BCUT2D eigenvalue weighted by Gasteiger charge is 2.51. The average Bonchev–Trinajstić information content (AvgIpc) is 3.98. The van der Waals surface area contributed by atoms with Crippen molar-refractivity contribution in [3.63, 3.8) is 0 Å². The molecule has 58 heavy (non-hydrogen) atoms. The number of rotatable bonds is 14. The van der Waals surface area contributed by atoms with E-state index in [9.17, 15) is 18.0 Å². The smallest absolute Gasteiger partial charge is 0.330 e. The molecule has 5 aromatic rings. The van der Waals surface area contributed by atoms with Gasteiger partial charge in [0.1, 0.15) is 29.4 Å². The molecule has 3 aliphatic rings. The molecule has 1 aromatic heterocycles. The van der Waals surface area contributed by atoms with Crippen LogP contribution in [0, 0.1) is 6.92 Å². The number of aromatic amines is 1. The molecular formula is C43H46N3O10PS. The van der Waals surface area contributed by atoms with Gasteiger partial charge in [-0.25, -0.2) is 22.4 Å². The lowest BCUT2D eigenvalue weighted by Gasteiger charge is -2.37. The van der Waals surface area contributed by atoms with Crippen LogP contribution in [-0.4, -0.2) is 80.1 Å². The minimum Gasteiger partial charge on any atom is -0.497 e. The Morgan fingerprint density at radius 1 is 0.828 bits per heavy atom. The maximum atomic E-state index is 13.5. The van der Waals surface area contributed by atoms with Gasteiger partial charge in [0.2, 0.25) is 0 Å². The van der Waals surface area contributed by atoms with Crippen LogP contribution in [0.15, 0.2) is 130 Å². The van der Waals surface area contributed by atoms with Crippen LogP contribution in [-0.2, 0) is 34.0 Å². The Labute approximate surface area is 338 Å². The second kappa shape index (κ2) is 16.9. The number of H-pyrrole nitrogens is 1. The van der Waals surface area contributed by atoms with Crippen molar-refractivity contribution < 1.29 is 36.4 Å². The van der Waals surface area contributed by atoms with Gasteiger partial charge in [-0.15, -0.1) is 0 Å². The van der Waals surface area contributed by atoms with E-state index in [-0.39, 0.29) is 29.7 Å². The number of aromatic nitrogens is 2. The fraction of sp³-hybridized carbons (Fsp3) is 0.349. The number of fused-ring (bicyclic) bond motifs is 1. The third-order valence-electron chi connectivity index (χ3n) is 11.1. The van der Waals surface area contributed by atoms with E-state index >= 15 is 0 Å². The van der Waals surface area contributed by atoms with Gasteiger partial charge >= 0.3 is 5.69 Å². The van der Waals surface area contributed by atoms with Crippen LogP contribution in [0.4, 0.5) is 0 Å². The van der Waals surface area contributed by atoms with Gasteiger partial charge in [-0.3, -0.25) is 4.79 Å². The predicted molar refractivity (Wildman–Crippen MR) is 218 cm³/mol. The Bertz CT molecular complexity index is 2370. The van der Waals surface area contributed by atoms with Crippen LogP contribution in [0.2, 0.25) is 0 Å². The number of sulfone groups is 1. The van der Waals surface area contributed by atoms with Crippen molar-refractivity contribution in [2.45, 2.75) is 67.3 Å². The van der Waals surface area contributed by atoms with Gasteiger partial charge in [0, 0.05) is 30.8 Å². The van der Waals surface area contributed by atoms with E-state index < -0.39 is 59.8 Å². The standard InChI is InChI=1S/C43H46N3O10PS/c1-29-26-44-42(48)46(41(29)47)40-25-37(55-57-45-24-10-15-36(45)39(56-57)28-58(49,50)35-13-8-5-9-14-35)38(54-40)27-53-43(30-11-6-4-7-12-30,31-16-20-33(51-2)21-17-31)32-18-22-34(52-3)23-19-32/h4-9,11-14,16-23,26,36-40H,10,15,24-25,27-28H2,1-3H3,(H,44,48)/t36-,37-,38+,39+,40+,57+/m0/s1. The van der Waals surface area contributed by atoms with Crippen molar-refractivity contribution >= 4 is 18.4 Å². The fourth-order valence-corrected chi connectivity index (χ4v) is 11.7. The molecule has 0 saturated carbocycles. The minimum atomic E-state index is -3.65. The predicted octanol–water partition coefficient (Wildman–Crippen LogP) is 6.11. The number of nitrogens with zero attached hydrogens (tertiary/aromatic N) is 2. The van der Waals surface area contributed by atoms with Gasteiger partial charge in [-0.05, 0) is 72.9 Å². The van der Waals surface area contributed by atoms with Crippen molar-refractivity contribution in [2.24, 2.45) is 0 Å². The molecule has 0 amide bonds. The number of hydrogen-bond acceptors (Lipinski definition) is 11. The fourth-order valence-electron chi connectivity index (χ4n) is 8.13. The minimum absolute atomic E-state index is 0.0367. The molecule has 4 heterocycles. The summed E-state index contributed by atoms with van der Waals surface area (Å²) in [6.07, 6.45) is 0.0576. The van der Waals surface area contributed by atoms with Crippen molar-refractivity contribution in [1.29, 1.82) is 0 Å². The van der Waals surface area contributed by atoms with Gasteiger partial charge in [0.05, 0.1) is 43.7 Å². The first-order valence-corrected chi connectivity index (χ1v) is 22.0. The summed E-state index contributed by atoms with van der Waals surface area (Å²) in [4.78, 5) is 29.5. The molecule has 3 fully saturated rings. The molecule has 15 heteroatoms. The summed E-state index contributed by atoms with van der Waals surface area (Å²) >= 11 is 0. The zero-order valence-electron chi connectivity index (χ0n) is 32.4. The van der Waals surface area contributed by atoms with Gasteiger partial charge in [-0.2, -0.15) is 0 Å². The van der Waals surface area contributed by atoms with Gasteiger partial charge in [-0.1, -0.05) is 72.8 Å². The molecule has 6 atom stereocenters. The first-order valence-electron chi connectivity index (χ1n) is 19.2. The normalized spacial score (nSPS) is 23.5. The monoisotopic (exact) mass is 827 g/mol. The summed E-state index contributed by atoms with van der Waals surface area (Å²) in [6, 6.07) is 33.4. The highest BCUT2D eigenvalue weighted by atomic mass is 32.2. The van der Waals surface area contributed by atoms with Crippen LogP contribution in [0.5, 0.6) is 11.5 Å². The number of hydrogen-bond donors (Lipinski definition) is 1. The van der Waals surface area contributed by atoms with E-state index in [1.807, 2.05) is 78.9 Å². The van der Waals surface area contributed by atoms with Crippen LogP contribution in [0.25, 0.3) is 0 Å². The number of benzene rings is 4.